The third kappa shape index (κ3) is 2.54. The molecule has 24 heavy (non-hydrogen) atoms. The zero-order valence-electron chi connectivity index (χ0n) is 13.2. The van der Waals surface area contributed by atoms with E-state index in [-0.39, 0.29) is 24.7 Å². The van der Waals surface area contributed by atoms with E-state index in [2.05, 4.69) is 0 Å². The number of aryl methyl sites for hydroxylation is 1. The third-order valence-electron chi connectivity index (χ3n) is 4.82. The predicted molar refractivity (Wildman–Crippen MR) is 84.0 cm³/mol. The van der Waals surface area contributed by atoms with Crippen molar-refractivity contribution in [2.45, 2.75) is 37.3 Å². The largest absolute Gasteiger partial charge is 0.508 e. The van der Waals surface area contributed by atoms with E-state index in [0.29, 0.717) is 25.8 Å². The average molecular weight is 332 g/mol. The maximum Gasteiger partial charge on any atom is 0.254 e. The molecule has 2 amide bonds. The Balaban J connectivity index is 1.78. The summed E-state index contributed by atoms with van der Waals surface area (Å²) in [5, 5.41) is 9.29. The Morgan fingerprint density at radius 2 is 2.04 bits per heavy atom. The van der Waals surface area contributed by atoms with Gasteiger partial charge in [-0.3, -0.25) is 14.4 Å². The first kappa shape index (κ1) is 16.4. The number of piperidine rings is 1. The summed E-state index contributed by atoms with van der Waals surface area (Å²) in [5.41, 5.74) is 4.76. The van der Waals surface area contributed by atoms with E-state index >= 15 is 0 Å². The topological polar surface area (TPSA) is 110 Å². The molecular weight excluding hydrogens is 312 g/mol. The van der Waals surface area contributed by atoms with E-state index in [0.717, 1.165) is 5.56 Å². The Labute approximate surface area is 139 Å². The highest BCUT2D eigenvalue weighted by molar-refractivity contribution is 6.15. The number of hydrogen-bond donors (Lipinski definition) is 2. The van der Waals surface area contributed by atoms with Gasteiger partial charge in [-0.1, -0.05) is 12.1 Å². The average Bonchev–Trinajstić information content (AvgIpc) is 2.92. The second kappa shape index (κ2) is 6.24. The molecule has 1 aromatic carbocycles. The van der Waals surface area contributed by atoms with E-state index in [9.17, 15) is 19.5 Å². The van der Waals surface area contributed by atoms with Crippen LogP contribution in [0.2, 0.25) is 0 Å². The van der Waals surface area contributed by atoms with Gasteiger partial charge in [0.25, 0.3) is 5.91 Å². The van der Waals surface area contributed by atoms with Gasteiger partial charge in [-0.15, -0.1) is 0 Å². The molecule has 1 aromatic rings. The minimum Gasteiger partial charge on any atom is -0.508 e. The van der Waals surface area contributed by atoms with Crippen LogP contribution in [0.1, 0.15) is 24.8 Å². The van der Waals surface area contributed by atoms with Crippen LogP contribution >= 0.6 is 0 Å². The molecule has 2 aliphatic rings. The number of primary amides is 1. The summed E-state index contributed by atoms with van der Waals surface area (Å²) in [6.45, 7) is 0.137. The van der Waals surface area contributed by atoms with Crippen molar-refractivity contribution in [2.24, 2.45) is 5.73 Å². The van der Waals surface area contributed by atoms with Crippen LogP contribution in [0, 0.1) is 0 Å². The number of fused-ring (bicyclic) bond motifs is 1. The molecular formula is C17H20N2O5. The van der Waals surface area contributed by atoms with E-state index < -0.39 is 23.3 Å². The monoisotopic (exact) mass is 332 g/mol. The highest BCUT2D eigenvalue weighted by Crippen LogP contribution is 2.36. The lowest BCUT2D eigenvalue weighted by Gasteiger charge is -2.43. The number of benzene rings is 1. The maximum atomic E-state index is 12.7. The quantitative estimate of drug-likeness (QED) is 0.762. The van der Waals surface area contributed by atoms with E-state index in [1.807, 2.05) is 0 Å². The fourth-order valence-electron chi connectivity index (χ4n) is 3.61. The van der Waals surface area contributed by atoms with E-state index in [1.165, 1.54) is 4.90 Å². The van der Waals surface area contributed by atoms with Gasteiger partial charge in [-0.2, -0.15) is 0 Å². The highest BCUT2D eigenvalue weighted by atomic mass is 16.5. The first-order valence-electron chi connectivity index (χ1n) is 7.99. The Bertz CT molecular complexity index is 672. The van der Waals surface area contributed by atoms with Crippen molar-refractivity contribution in [1.82, 2.24) is 4.90 Å². The van der Waals surface area contributed by atoms with Crippen LogP contribution < -0.4 is 5.73 Å². The van der Waals surface area contributed by atoms with Crippen LogP contribution in [-0.2, 0) is 25.5 Å². The number of amides is 2. The smallest absolute Gasteiger partial charge is 0.254 e. The number of carbonyl (C=O) groups is 3. The predicted octanol–water partition coefficient (Wildman–Crippen LogP) is 0.139. The second-order valence-corrected chi connectivity index (χ2v) is 6.21. The van der Waals surface area contributed by atoms with Crippen LogP contribution in [0.25, 0.3) is 0 Å². The van der Waals surface area contributed by atoms with Gasteiger partial charge in [0, 0.05) is 13.0 Å². The molecule has 0 radical (unpaired) electrons. The highest BCUT2D eigenvalue weighted by Gasteiger charge is 2.62. The molecule has 2 fully saturated rings. The standard InChI is InChI=1S/C17H20N2O5/c18-16(23)17-13(21)10-24-14(17)2-1-9-19(17)15(22)8-5-11-3-6-12(20)7-4-11/h3-4,6-7,14,20H,1-2,5,8-10H2,(H2,18,23)/t14-,17?/m0/s1. The third-order valence-corrected chi connectivity index (χ3v) is 4.82. The summed E-state index contributed by atoms with van der Waals surface area (Å²) < 4.78 is 5.42. The van der Waals surface area contributed by atoms with E-state index in [1.54, 1.807) is 24.3 Å². The molecule has 2 heterocycles. The Kier molecular flexibility index (Phi) is 4.28. The van der Waals surface area contributed by atoms with Crippen molar-refractivity contribution in [3.63, 3.8) is 0 Å². The molecule has 1 unspecified atom stereocenters. The van der Waals surface area contributed by atoms with Gasteiger partial charge < -0.3 is 20.5 Å². The number of Topliss-reactive ketones (excluding diaryl/α,β-unsaturated/α-hetero) is 1. The number of nitrogens with two attached hydrogens (primary N) is 1. The van der Waals surface area contributed by atoms with Gasteiger partial charge in [0.2, 0.25) is 11.4 Å². The number of carbonyl (C=O) groups excluding carboxylic acids is 3. The van der Waals surface area contributed by atoms with Crippen molar-refractivity contribution in [3.05, 3.63) is 29.8 Å². The molecule has 128 valence electrons. The van der Waals surface area contributed by atoms with Gasteiger partial charge in [-0.05, 0) is 37.0 Å². The van der Waals surface area contributed by atoms with Crippen LogP contribution in [0.15, 0.2) is 24.3 Å². The summed E-state index contributed by atoms with van der Waals surface area (Å²) in [6.07, 6.45) is 1.16. The van der Waals surface area contributed by atoms with Gasteiger partial charge in [0.05, 0.1) is 6.10 Å². The Hall–Kier alpha value is -2.41. The zero-order valence-corrected chi connectivity index (χ0v) is 13.2. The van der Waals surface area contributed by atoms with Crippen LogP contribution in [0.3, 0.4) is 0 Å². The van der Waals surface area contributed by atoms with Gasteiger partial charge in [0.1, 0.15) is 12.4 Å². The molecule has 7 heteroatoms. The number of phenolic OH excluding ortho intramolecular Hbond substituents is 1. The lowest BCUT2D eigenvalue weighted by Crippen LogP contribution is -2.69. The van der Waals surface area contributed by atoms with E-state index in [4.69, 9.17) is 10.5 Å². The summed E-state index contributed by atoms with van der Waals surface area (Å²) >= 11 is 0. The summed E-state index contributed by atoms with van der Waals surface area (Å²) in [5.74, 6) is -1.37. The molecule has 7 nitrogen and oxygen atoms in total. The molecule has 2 atom stereocenters. The van der Waals surface area contributed by atoms with Crippen LogP contribution in [-0.4, -0.2) is 52.4 Å². The molecule has 0 saturated carbocycles. The number of likely N-dealkylation sites (tertiary alicyclic amines) is 1. The normalized spacial score (nSPS) is 26.2. The minimum absolute atomic E-state index is 0.153. The van der Waals surface area contributed by atoms with Crippen molar-refractivity contribution < 1.29 is 24.2 Å². The van der Waals surface area contributed by atoms with Crippen molar-refractivity contribution in [1.29, 1.82) is 0 Å². The molecule has 0 spiro atoms. The number of aromatic hydroxyl groups is 1. The summed E-state index contributed by atoms with van der Waals surface area (Å²) in [4.78, 5) is 38.5. The SMILES string of the molecule is NC(=O)C12C(=O)CO[C@H]1CCCN2C(=O)CCc1ccc(O)cc1. The van der Waals surface area contributed by atoms with Gasteiger partial charge >= 0.3 is 0 Å². The molecule has 3 rings (SSSR count). The number of hydrogen-bond acceptors (Lipinski definition) is 5. The number of nitrogens with zero attached hydrogens (tertiary/aromatic N) is 1. The maximum absolute atomic E-state index is 12.7. The van der Waals surface area contributed by atoms with Gasteiger partial charge in [0.15, 0.2) is 5.78 Å². The number of rotatable bonds is 4. The fraction of sp³-hybridized carbons (Fsp3) is 0.471. The zero-order chi connectivity index (χ0) is 17.3. The summed E-state index contributed by atoms with van der Waals surface area (Å²) in [6, 6.07) is 6.57. The molecule has 0 aromatic heterocycles. The van der Waals surface area contributed by atoms with Crippen LogP contribution in [0.5, 0.6) is 5.75 Å². The lowest BCUT2D eigenvalue weighted by molar-refractivity contribution is -0.158. The Morgan fingerprint density at radius 1 is 1.33 bits per heavy atom. The van der Waals surface area contributed by atoms with Crippen molar-refractivity contribution in [2.75, 3.05) is 13.2 Å². The van der Waals surface area contributed by atoms with Crippen LogP contribution in [0.4, 0.5) is 0 Å². The lowest BCUT2D eigenvalue weighted by atomic mass is 9.81. The first-order chi connectivity index (χ1) is 11.5. The minimum atomic E-state index is -1.65. The molecule has 0 bridgehead atoms. The molecule has 2 saturated heterocycles. The number of ether oxygens (including phenoxy) is 1. The second-order valence-electron chi connectivity index (χ2n) is 6.21. The van der Waals surface area contributed by atoms with Gasteiger partial charge in [-0.25, -0.2) is 0 Å². The fourth-order valence-corrected chi connectivity index (χ4v) is 3.61. The van der Waals surface area contributed by atoms with Crippen molar-refractivity contribution >= 4 is 17.6 Å². The number of phenols is 1. The molecule has 3 N–H and O–H groups in total. The first-order valence-corrected chi connectivity index (χ1v) is 7.99. The molecule has 0 aliphatic carbocycles. The Morgan fingerprint density at radius 3 is 2.71 bits per heavy atom. The van der Waals surface area contributed by atoms with Crippen molar-refractivity contribution in [3.8, 4) is 5.75 Å². The number of ketones is 1. The summed E-state index contributed by atoms with van der Waals surface area (Å²) in [7, 11) is 0. The molecule has 2 aliphatic heterocycles.